The van der Waals surface area contributed by atoms with Crippen LogP contribution in [0.25, 0.3) is 10.1 Å². The zero-order chi connectivity index (χ0) is 12.4. The molecule has 0 spiro atoms. The topological polar surface area (TPSA) is 38.7 Å². The summed E-state index contributed by atoms with van der Waals surface area (Å²) in [5.41, 5.74) is 0.719. The normalized spacial score (nSPS) is 11.8. The van der Waals surface area contributed by atoms with Crippen molar-refractivity contribution in [1.29, 1.82) is 0 Å². The Morgan fingerprint density at radius 1 is 1.47 bits per heavy atom. The molecular weight excluding hydrogens is 281 g/mol. The highest BCUT2D eigenvalue weighted by atomic mass is 35.5. The number of benzene rings is 1. The summed E-state index contributed by atoms with van der Waals surface area (Å²) in [5.74, 6) is 0. The van der Waals surface area contributed by atoms with Crippen LogP contribution in [0.15, 0.2) is 28.7 Å². The van der Waals surface area contributed by atoms with E-state index in [4.69, 9.17) is 23.2 Å². The average Bonchev–Trinajstić information content (AvgIpc) is 2.70. The molecule has 2 aromatic rings. The number of carbonyl (C=O) groups is 1. The summed E-state index contributed by atoms with van der Waals surface area (Å²) in [6, 6.07) is 5.46. The van der Waals surface area contributed by atoms with E-state index in [9.17, 15) is 4.79 Å². The molecule has 0 saturated carbocycles. The first-order valence-corrected chi connectivity index (χ1v) is 6.25. The van der Waals surface area contributed by atoms with E-state index in [0.29, 0.717) is 10.6 Å². The van der Waals surface area contributed by atoms with Crippen LogP contribution in [-0.2, 0) is 9.63 Å². The molecular formula is C11H7Cl2NO2S. The van der Waals surface area contributed by atoms with Crippen LogP contribution in [0.3, 0.4) is 0 Å². The number of carbonyl (C=O) groups excluding carboxylic acids is 1. The number of thiophene rings is 1. The number of rotatable bonds is 3. The zero-order valence-electron chi connectivity index (χ0n) is 8.74. The van der Waals surface area contributed by atoms with Crippen LogP contribution >= 0.6 is 34.5 Å². The number of halogens is 2. The van der Waals surface area contributed by atoms with Crippen molar-refractivity contribution in [3.05, 3.63) is 34.2 Å². The van der Waals surface area contributed by atoms with E-state index in [1.807, 2.05) is 12.1 Å². The number of hydrogen-bond donors (Lipinski definition) is 0. The van der Waals surface area contributed by atoms with Gasteiger partial charge in [-0.15, -0.1) is 11.3 Å². The van der Waals surface area contributed by atoms with Gasteiger partial charge >= 0.3 is 0 Å². The third-order valence-corrected chi connectivity index (χ3v) is 3.81. The molecule has 0 unspecified atom stereocenters. The number of oxime groups is 1. The molecule has 0 radical (unpaired) electrons. The minimum Gasteiger partial charge on any atom is -0.398 e. The molecule has 17 heavy (non-hydrogen) atoms. The molecule has 6 heteroatoms. The van der Waals surface area contributed by atoms with Crippen molar-refractivity contribution in [2.75, 3.05) is 7.11 Å². The molecule has 0 N–H and O–H groups in total. The second-order valence-corrected chi connectivity index (χ2v) is 4.79. The molecule has 0 aliphatic heterocycles. The van der Waals surface area contributed by atoms with Crippen molar-refractivity contribution in [3.63, 3.8) is 0 Å². The lowest BCUT2D eigenvalue weighted by atomic mass is 10.1. The smallest absolute Gasteiger partial charge is 0.274 e. The van der Waals surface area contributed by atoms with Crippen molar-refractivity contribution >= 4 is 55.6 Å². The predicted molar refractivity (Wildman–Crippen MR) is 71.2 cm³/mol. The second-order valence-electron chi connectivity index (χ2n) is 3.16. The first-order chi connectivity index (χ1) is 8.15. The Morgan fingerprint density at radius 2 is 2.24 bits per heavy atom. The minimum absolute atomic E-state index is 0.0858. The molecule has 3 nitrogen and oxygen atoms in total. The Bertz CT molecular complexity index is 607. The highest BCUT2D eigenvalue weighted by Gasteiger charge is 2.17. The fraction of sp³-hybridized carbons (Fsp3) is 0.0909. The Hall–Kier alpha value is -1.10. The Labute approximate surface area is 112 Å². The average molecular weight is 288 g/mol. The Balaban J connectivity index is 2.67. The molecule has 0 aliphatic carbocycles. The number of fused-ring (bicyclic) bond motifs is 1. The fourth-order valence-corrected chi connectivity index (χ4v) is 2.89. The van der Waals surface area contributed by atoms with E-state index < -0.39 is 5.24 Å². The van der Waals surface area contributed by atoms with Gasteiger partial charge in [-0.3, -0.25) is 4.79 Å². The van der Waals surface area contributed by atoms with Crippen LogP contribution in [0.2, 0.25) is 5.02 Å². The molecule has 1 aromatic carbocycles. The molecule has 0 atom stereocenters. The lowest BCUT2D eigenvalue weighted by Gasteiger charge is -1.99. The zero-order valence-corrected chi connectivity index (χ0v) is 11.1. The molecule has 0 amide bonds. The van der Waals surface area contributed by atoms with Gasteiger partial charge in [0.05, 0.1) is 9.72 Å². The van der Waals surface area contributed by atoms with Crippen LogP contribution in [0, 0.1) is 0 Å². The van der Waals surface area contributed by atoms with Crippen LogP contribution < -0.4 is 0 Å². The largest absolute Gasteiger partial charge is 0.398 e. The van der Waals surface area contributed by atoms with Gasteiger partial charge in [-0.2, -0.15) is 0 Å². The third-order valence-electron chi connectivity index (χ3n) is 2.18. The maximum atomic E-state index is 11.3. The van der Waals surface area contributed by atoms with E-state index in [0.717, 1.165) is 10.1 Å². The number of hydrogen-bond acceptors (Lipinski definition) is 4. The van der Waals surface area contributed by atoms with Gasteiger partial charge in [0.15, 0.2) is 5.71 Å². The Kier molecular flexibility index (Phi) is 3.66. The van der Waals surface area contributed by atoms with Gasteiger partial charge in [0.2, 0.25) is 0 Å². The Morgan fingerprint density at radius 3 is 2.88 bits per heavy atom. The first kappa shape index (κ1) is 12.4. The molecule has 0 fully saturated rings. The predicted octanol–water partition coefficient (Wildman–Crippen LogP) is 3.67. The monoisotopic (exact) mass is 287 g/mol. The minimum atomic E-state index is -0.661. The molecule has 1 heterocycles. The summed E-state index contributed by atoms with van der Waals surface area (Å²) in [5, 5.41) is 6.25. The standard InChI is InChI=1S/C11H7Cl2NO2S/c1-16-14-9(11(13)15)7-5-17-10-6(7)3-2-4-8(10)12/h2-5H,1H3. The summed E-state index contributed by atoms with van der Waals surface area (Å²) in [6.45, 7) is 0. The second kappa shape index (κ2) is 5.04. The van der Waals surface area contributed by atoms with E-state index in [1.165, 1.54) is 18.4 Å². The van der Waals surface area contributed by atoms with Crippen LogP contribution in [-0.4, -0.2) is 18.1 Å². The van der Waals surface area contributed by atoms with E-state index in [-0.39, 0.29) is 5.71 Å². The van der Waals surface area contributed by atoms with E-state index >= 15 is 0 Å². The van der Waals surface area contributed by atoms with Gasteiger partial charge in [-0.25, -0.2) is 0 Å². The van der Waals surface area contributed by atoms with Crippen LogP contribution in [0.4, 0.5) is 0 Å². The van der Waals surface area contributed by atoms with Gasteiger partial charge in [-0.1, -0.05) is 28.9 Å². The van der Waals surface area contributed by atoms with Gasteiger partial charge in [0.25, 0.3) is 5.24 Å². The molecule has 0 aliphatic rings. The summed E-state index contributed by atoms with van der Waals surface area (Å²) < 4.78 is 0.894. The third kappa shape index (κ3) is 2.29. The molecule has 0 saturated heterocycles. The van der Waals surface area contributed by atoms with Gasteiger partial charge in [-0.05, 0) is 17.7 Å². The lowest BCUT2D eigenvalue weighted by molar-refractivity contribution is -0.106. The van der Waals surface area contributed by atoms with E-state index in [2.05, 4.69) is 9.99 Å². The molecule has 2 rings (SSSR count). The van der Waals surface area contributed by atoms with Crippen molar-refractivity contribution < 1.29 is 9.63 Å². The number of nitrogens with zero attached hydrogens (tertiary/aromatic N) is 1. The first-order valence-electron chi connectivity index (χ1n) is 4.62. The van der Waals surface area contributed by atoms with Crippen molar-refractivity contribution in [3.8, 4) is 0 Å². The van der Waals surface area contributed by atoms with E-state index in [1.54, 1.807) is 11.4 Å². The summed E-state index contributed by atoms with van der Waals surface area (Å²) in [4.78, 5) is 15.9. The van der Waals surface area contributed by atoms with Crippen LogP contribution in [0.5, 0.6) is 0 Å². The van der Waals surface area contributed by atoms with Crippen molar-refractivity contribution in [1.82, 2.24) is 0 Å². The molecule has 88 valence electrons. The highest BCUT2D eigenvalue weighted by Crippen LogP contribution is 2.32. The molecule has 1 aromatic heterocycles. The summed E-state index contributed by atoms with van der Waals surface area (Å²) >= 11 is 13.0. The van der Waals surface area contributed by atoms with Gasteiger partial charge in [0, 0.05) is 16.3 Å². The summed E-state index contributed by atoms with van der Waals surface area (Å²) in [6.07, 6.45) is 0. The van der Waals surface area contributed by atoms with Crippen molar-refractivity contribution in [2.24, 2.45) is 5.16 Å². The maximum Gasteiger partial charge on any atom is 0.274 e. The van der Waals surface area contributed by atoms with Gasteiger partial charge < -0.3 is 4.84 Å². The summed E-state index contributed by atoms with van der Waals surface area (Å²) in [7, 11) is 1.36. The lowest BCUT2D eigenvalue weighted by Crippen LogP contribution is -2.09. The molecule has 0 bridgehead atoms. The fourth-order valence-electron chi connectivity index (χ4n) is 1.49. The van der Waals surface area contributed by atoms with Gasteiger partial charge in [0.1, 0.15) is 7.11 Å². The SMILES string of the molecule is CON=C(C(=O)Cl)c1csc2c(Cl)cccc12. The highest BCUT2D eigenvalue weighted by molar-refractivity contribution is 7.18. The maximum absolute atomic E-state index is 11.3. The quantitative estimate of drug-likeness (QED) is 0.491. The van der Waals surface area contributed by atoms with Crippen LogP contribution in [0.1, 0.15) is 5.56 Å². The van der Waals surface area contributed by atoms with Crippen molar-refractivity contribution in [2.45, 2.75) is 0 Å².